The van der Waals surface area contributed by atoms with Crippen LogP contribution in [0.2, 0.25) is 0 Å². The fraction of sp³-hybridized carbons (Fsp3) is 0.556. The van der Waals surface area contributed by atoms with E-state index in [1.165, 1.54) is 23.3 Å². The Morgan fingerprint density at radius 2 is 1.86 bits per heavy atom. The van der Waals surface area contributed by atoms with Crippen LogP contribution in [0.4, 0.5) is 10.5 Å². The van der Waals surface area contributed by atoms with Crippen molar-refractivity contribution in [2.45, 2.75) is 44.3 Å². The van der Waals surface area contributed by atoms with E-state index in [9.17, 15) is 18.0 Å². The van der Waals surface area contributed by atoms with Crippen LogP contribution >= 0.6 is 0 Å². The molecule has 158 valence electrons. The van der Waals surface area contributed by atoms with E-state index in [0.717, 1.165) is 19.6 Å². The van der Waals surface area contributed by atoms with E-state index in [-0.39, 0.29) is 12.5 Å². The molecule has 0 radical (unpaired) electrons. The van der Waals surface area contributed by atoms with E-state index in [1.54, 1.807) is 0 Å². The molecule has 3 fully saturated rings. The number of nitrogens with zero attached hydrogens (tertiary/aromatic N) is 3. The summed E-state index contributed by atoms with van der Waals surface area (Å²) in [4.78, 5) is 28.8. The molecule has 4 rings (SSSR count). The monoisotopic (exact) mass is 424 g/mol. The number of fused-ring (bicyclic) bond motifs is 2. The zero-order valence-corrected chi connectivity index (χ0v) is 16.7. The number of hydrogen-bond acceptors (Lipinski definition) is 6. The van der Waals surface area contributed by atoms with Gasteiger partial charge in [0.1, 0.15) is 6.04 Å². The molecule has 3 aliphatic rings. The quantitative estimate of drug-likeness (QED) is 0.659. The van der Waals surface area contributed by atoms with Gasteiger partial charge in [0.05, 0.1) is 6.04 Å². The summed E-state index contributed by atoms with van der Waals surface area (Å²) in [7, 11) is -4.80. The van der Waals surface area contributed by atoms with Gasteiger partial charge in [0, 0.05) is 18.8 Å². The Morgan fingerprint density at radius 3 is 2.52 bits per heavy atom. The number of hydrogen-bond donors (Lipinski definition) is 2. The maximum Gasteiger partial charge on any atom is 0.418 e. The van der Waals surface area contributed by atoms with Crippen molar-refractivity contribution in [3.8, 4) is 0 Å². The minimum Gasteiger partial charge on any atom is -0.324 e. The van der Waals surface area contributed by atoms with Gasteiger partial charge in [-0.05, 0) is 56.5 Å². The summed E-state index contributed by atoms with van der Waals surface area (Å²) in [5.41, 5.74) is 1.82. The molecule has 2 bridgehead atoms. The second kappa shape index (κ2) is 7.90. The molecule has 11 heteroatoms. The number of piperidine rings is 1. The van der Waals surface area contributed by atoms with Crippen molar-refractivity contribution in [1.29, 1.82) is 0 Å². The van der Waals surface area contributed by atoms with Crippen LogP contribution in [-0.4, -0.2) is 71.5 Å². The molecule has 1 aromatic carbocycles. The maximum absolute atomic E-state index is 12.7. The van der Waals surface area contributed by atoms with Gasteiger partial charge < -0.3 is 10.2 Å². The molecule has 3 saturated heterocycles. The smallest absolute Gasteiger partial charge is 0.324 e. The summed E-state index contributed by atoms with van der Waals surface area (Å²) in [6.45, 7) is 3.29. The highest BCUT2D eigenvalue weighted by Crippen LogP contribution is 2.31. The van der Waals surface area contributed by atoms with Crippen molar-refractivity contribution in [3.05, 3.63) is 29.8 Å². The van der Waals surface area contributed by atoms with Gasteiger partial charge in [0.25, 0.3) is 0 Å². The third-order valence-electron chi connectivity index (χ3n) is 5.63. The molecule has 0 aliphatic carbocycles. The highest BCUT2D eigenvalue weighted by atomic mass is 32.3. The van der Waals surface area contributed by atoms with E-state index in [2.05, 4.69) is 14.5 Å². The van der Waals surface area contributed by atoms with Gasteiger partial charge in [0.2, 0.25) is 5.91 Å². The van der Waals surface area contributed by atoms with Crippen LogP contribution in [0.15, 0.2) is 24.3 Å². The SMILES string of the molecule is O=C(Nc1ccc(CN2CCCC2)cc1)C1CCC2CN1C(=O)N2OS(=O)(=O)O. The van der Waals surface area contributed by atoms with Crippen molar-refractivity contribution in [3.63, 3.8) is 0 Å². The van der Waals surface area contributed by atoms with E-state index in [0.29, 0.717) is 23.6 Å². The van der Waals surface area contributed by atoms with Crippen LogP contribution in [0, 0.1) is 0 Å². The molecule has 0 spiro atoms. The summed E-state index contributed by atoms with van der Waals surface area (Å²) in [6.07, 6.45) is 3.24. The van der Waals surface area contributed by atoms with Gasteiger partial charge in [-0.2, -0.15) is 13.5 Å². The average molecular weight is 424 g/mol. The molecule has 3 aliphatic heterocycles. The van der Waals surface area contributed by atoms with Crippen LogP contribution in [-0.2, 0) is 26.0 Å². The third kappa shape index (κ3) is 4.53. The van der Waals surface area contributed by atoms with E-state index in [4.69, 9.17) is 4.55 Å². The van der Waals surface area contributed by atoms with Crippen molar-refractivity contribution in [2.24, 2.45) is 0 Å². The Hall–Kier alpha value is -2.21. The standard InChI is InChI=1S/C18H24N4O6S/c23-17(19-14-5-3-13(4-6-14)11-20-9-1-2-10-20)16-8-7-15-12-21(16)18(24)22(15)28-29(25,26)27/h3-6,15-16H,1-2,7-12H2,(H,19,23)(H,25,26,27). The highest BCUT2D eigenvalue weighted by molar-refractivity contribution is 7.80. The summed E-state index contributed by atoms with van der Waals surface area (Å²) in [6, 6.07) is 5.66. The first-order valence-corrected chi connectivity index (χ1v) is 11.1. The maximum atomic E-state index is 12.7. The van der Waals surface area contributed by atoms with Gasteiger partial charge in [-0.1, -0.05) is 12.1 Å². The average Bonchev–Trinajstić information content (AvgIpc) is 3.25. The topological polar surface area (TPSA) is 119 Å². The number of urea groups is 1. The summed E-state index contributed by atoms with van der Waals surface area (Å²) < 4.78 is 35.1. The fourth-order valence-corrected chi connectivity index (χ4v) is 4.61. The number of anilines is 1. The predicted molar refractivity (Wildman–Crippen MR) is 103 cm³/mol. The molecule has 0 saturated carbocycles. The van der Waals surface area contributed by atoms with Gasteiger partial charge in [0.15, 0.2) is 0 Å². The number of nitrogens with one attached hydrogen (secondary N) is 1. The molecular weight excluding hydrogens is 400 g/mol. The second-order valence-electron chi connectivity index (χ2n) is 7.68. The van der Waals surface area contributed by atoms with Crippen molar-refractivity contribution in [1.82, 2.24) is 14.9 Å². The molecule has 10 nitrogen and oxygen atoms in total. The Labute approximate surface area is 169 Å². The number of benzene rings is 1. The number of carbonyl (C=O) groups excluding carboxylic acids is 2. The van der Waals surface area contributed by atoms with Gasteiger partial charge in [-0.3, -0.25) is 14.2 Å². The van der Waals surface area contributed by atoms with Crippen molar-refractivity contribution >= 4 is 28.0 Å². The zero-order chi connectivity index (χ0) is 20.6. The van der Waals surface area contributed by atoms with E-state index in [1.807, 2.05) is 24.3 Å². The predicted octanol–water partition coefficient (Wildman–Crippen LogP) is 1.22. The summed E-state index contributed by atoms with van der Waals surface area (Å²) >= 11 is 0. The number of likely N-dealkylation sites (tertiary alicyclic amines) is 1. The molecule has 3 heterocycles. The van der Waals surface area contributed by atoms with Crippen LogP contribution < -0.4 is 5.32 Å². The number of carbonyl (C=O) groups is 2. The molecular formula is C18H24N4O6S. The molecule has 29 heavy (non-hydrogen) atoms. The van der Waals surface area contributed by atoms with Gasteiger partial charge in [-0.25, -0.2) is 4.79 Å². The third-order valence-corrected chi connectivity index (χ3v) is 5.98. The van der Waals surface area contributed by atoms with Crippen molar-refractivity contribution in [2.75, 3.05) is 25.0 Å². The fourth-order valence-electron chi connectivity index (χ4n) is 4.22. The Morgan fingerprint density at radius 1 is 1.17 bits per heavy atom. The van der Waals surface area contributed by atoms with Crippen LogP contribution in [0.3, 0.4) is 0 Å². The van der Waals surface area contributed by atoms with Crippen LogP contribution in [0.5, 0.6) is 0 Å². The van der Waals surface area contributed by atoms with Gasteiger partial charge >= 0.3 is 16.4 Å². The second-order valence-corrected chi connectivity index (χ2v) is 8.68. The lowest BCUT2D eigenvalue weighted by molar-refractivity contribution is -0.120. The number of hydroxylamine groups is 2. The summed E-state index contributed by atoms with van der Waals surface area (Å²) in [5.74, 6) is -0.335. The minimum atomic E-state index is -4.80. The lowest BCUT2D eigenvalue weighted by Crippen LogP contribution is -2.47. The largest absolute Gasteiger partial charge is 0.418 e. The Balaban J connectivity index is 1.37. The van der Waals surface area contributed by atoms with Crippen LogP contribution in [0.1, 0.15) is 31.2 Å². The molecule has 3 amide bonds. The first kappa shape index (κ1) is 20.1. The minimum absolute atomic E-state index is 0.168. The van der Waals surface area contributed by atoms with Crippen LogP contribution in [0.25, 0.3) is 0 Å². The Bertz CT molecular complexity index is 884. The highest BCUT2D eigenvalue weighted by Gasteiger charge is 2.49. The van der Waals surface area contributed by atoms with E-state index >= 15 is 0 Å². The lowest BCUT2D eigenvalue weighted by Gasteiger charge is -2.29. The molecule has 2 atom stereocenters. The lowest BCUT2D eigenvalue weighted by atomic mass is 10.00. The first-order chi connectivity index (χ1) is 13.8. The van der Waals surface area contributed by atoms with Crippen molar-refractivity contribution < 1.29 is 26.8 Å². The normalized spacial score (nSPS) is 24.9. The van der Waals surface area contributed by atoms with E-state index < -0.39 is 28.5 Å². The van der Waals surface area contributed by atoms with Gasteiger partial charge in [-0.15, -0.1) is 4.28 Å². The Kier molecular flexibility index (Phi) is 5.47. The number of amides is 3. The zero-order valence-electron chi connectivity index (χ0n) is 15.9. The molecule has 0 aromatic heterocycles. The first-order valence-electron chi connectivity index (χ1n) is 9.69. The number of rotatable bonds is 6. The summed E-state index contributed by atoms with van der Waals surface area (Å²) in [5, 5.41) is 3.46. The molecule has 1 aromatic rings. The molecule has 2 unspecified atom stereocenters. The molecule has 2 N–H and O–H groups in total.